The molecule has 2 heterocycles. The molecule has 0 bridgehead atoms. The first-order valence-electron chi connectivity index (χ1n) is 11.9. The summed E-state index contributed by atoms with van der Waals surface area (Å²) in [6.45, 7) is 20.7. The predicted octanol–water partition coefficient (Wildman–Crippen LogP) is 5.61. The second-order valence-electron chi connectivity index (χ2n) is 12.5. The van der Waals surface area contributed by atoms with Crippen LogP contribution in [0, 0.1) is 5.82 Å². The highest BCUT2D eigenvalue weighted by molar-refractivity contribution is 6.74. The summed E-state index contributed by atoms with van der Waals surface area (Å²) in [6, 6.07) is 0. The molecular weight excluding hydrogens is 512 g/mol. The van der Waals surface area contributed by atoms with Gasteiger partial charge < -0.3 is 19.3 Å². The molecule has 12 heteroatoms. The lowest BCUT2D eigenvalue weighted by Gasteiger charge is -2.45. The standard InChI is InChI=1S/C23H42ClF2N3O4Si2/c1-21(2,3)34(7,8)31-14-23(11-12-24)17(33-35(9,10)22(4,5)6)16(26)19(32-23)29-13-15(25)18(27)28-20(29)30/h13,16-17,19H,11-12,14H2,1-10H3,(H2,27,28,30)/t16-,17?,19+,23+/m0/s1. The van der Waals surface area contributed by atoms with Gasteiger partial charge in [0.05, 0.1) is 12.8 Å². The summed E-state index contributed by atoms with van der Waals surface area (Å²) < 4.78 is 50.7. The number of hydrogen-bond donors (Lipinski definition) is 1. The van der Waals surface area contributed by atoms with E-state index in [1.807, 2.05) is 13.1 Å². The Labute approximate surface area is 214 Å². The first-order valence-corrected chi connectivity index (χ1v) is 18.3. The fourth-order valence-corrected chi connectivity index (χ4v) is 6.09. The van der Waals surface area contributed by atoms with Crippen molar-refractivity contribution in [1.82, 2.24) is 9.55 Å². The minimum atomic E-state index is -2.51. The first-order chi connectivity index (χ1) is 15.7. The van der Waals surface area contributed by atoms with Gasteiger partial charge in [0.15, 0.2) is 40.7 Å². The summed E-state index contributed by atoms with van der Waals surface area (Å²) in [4.78, 5) is 16.1. The van der Waals surface area contributed by atoms with Crippen LogP contribution in [0.1, 0.15) is 54.2 Å². The molecule has 0 aromatic carbocycles. The zero-order valence-electron chi connectivity index (χ0n) is 22.7. The van der Waals surface area contributed by atoms with Crippen LogP contribution in [0.5, 0.6) is 0 Å². The number of nitrogen functional groups attached to an aromatic ring is 1. The molecule has 0 saturated carbocycles. The van der Waals surface area contributed by atoms with Crippen LogP contribution in [0.25, 0.3) is 0 Å². The number of nitrogens with two attached hydrogens (primary N) is 1. The molecule has 35 heavy (non-hydrogen) atoms. The number of aromatic nitrogens is 2. The summed E-state index contributed by atoms with van der Waals surface area (Å²) in [6.07, 6.45) is -3.29. The van der Waals surface area contributed by atoms with Crippen molar-refractivity contribution in [2.24, 2.45) is 0 Å². The van der Waals surface area contributed by atoms with E-state index in [0.29, 0.717) is 0 Å². The minimum Gasteiger partial charge on any atom is -0.414 e. The molecule has 0 spiro atoms. The Balaban J connectivity index is 2.61. The summed E-state index contributed by atoms with van der Waals surface area (Å²) in [5, 5.41) is -0.317. The molecule has 1 fully saturated rings. The molecule has 1 saturated heterocycles. The van der Waals surface area contributed by atoms with Crippen molar-refractivity contribution < 1.29 is 22.4 Å². The van der Waals surface area contributed by atoms with Gasteiger partial charge in [-0.3, -0.25) is 4.57 Å². The molecule has 2 rings (SSSR count). The third-order valence-corrected chi connectivity index (χ3v) is 17.0. The summed E-state index contributed by atoms with van der Waals surface area (Å²) in [5.41, 5.74) is 3.24. The topological polar surface area (TPSA) is 88.6 Å². The zero-order chi connectivity index (χ0) is 27.2. The van der Waals surface area contributed by atoms with Crippen molar-refractivity contribution in [1.29, 1.82) is 0 Å². The molecule has 1 aliphatic heterocycles. The van der Waals surface area contributed by atoms with Crippen molar-refractivity contribution in [3.05, 3.63) is 22.5 Å². The number of nitrogens with zero attached hydrogens (tertiary/aromatic N) is 2. The number of ether oxygens (including phenoxy) is 1. The Morgan fingerprint density at radius 1 is 1.17 bits per heavy atom. The molecule has 1 aliphatic rings. The SMILES string of the molecule is CC(C)(C)[Si](C)(C)OC[C@@]1(CCCl)O[C@@H](n2cc(F)c(N)nc2=O)[C@@H](F)C1O[Si](C)(C)C(C)(C)C. The quantitative estimate of drug-likeness (QED) is 0.332. The Morgan fingerprint density at radius 2 is 1.71 bits per heavy atom. The van der Waals surface area contributed by atoms with Crippen LogP contribution in [0.2, 0.25) is 36.3 Å². The number of hydrogen-bond acceptors (Lipinski definition) is 6. The van der Waals surface area contributed by atoms with Gasteiger partial charge in [0, 0.05) is 5.88 Å². The largest absolute Gasteiger partial charge is 0.414 e. The second-order valence-corrected chi connectivity index (χ2v) is 22.4. The normalized spacial score (nSPS) is 26.4. The summed E-state index contributed by atoms with van der Waals surface area (Å²) >= 11 is 6.21. The molecule has 0 amide bonds. The third-order valence-electron chi connectivity index (χ3n) is 7.87. The van der Waals surface area contributed by atoms with E-state index in [2.05, 4.69) is 59.6 Å². The maximum Gasteiger partial charge on any atom is 0.351 e. The van der Waals surface area contributed by atoms with Crippen molar-refractivity contribution in [3.8, 4) is 0 Å². The average Bonchev–Trinajstić information content (AvgIpc) is 2.94. The lowest BCUT2D eigenvalue weighted by Crippen LogP contribution is -2.56. The Morgan fingerprint density at radius 3 is 2.20 bits per heavy atom. The van der Waals surface area contributed by atoms with Crippen molar-refractivity contribution >= 4 is 34.1 Å². The first kappa shape index (κ1) is 30.4. The maximum atomic E-state index is 16.3. The molecule has 2 N–H and O–H groups in total. The molecule has 0 radical (unpaired) electrons. The Kier molecular flexibility index (Phi) is 8.79. The van der Waals surface area contributed by atoms with Crippen LogP contribution in [0.3, 0.4) is 0 Å². The van der Waals surface area contributed by atoms with Gasteiger partial charge in [-0.25, -0.2) is 13.6 Å². The molecule has 1 unspecified atom stereocenters. The molecule has 1 aromatic heterocycles. The fourth-order valence-electron chi connectivity index (χ4n) is 3.40. The zero-order valence-corrected chi connectivity index (χ0v) is 25.4. The van der Waals surface area contributed by atoms with Gasteiger partial charge in [-0.2, -0.15) is 4.98 Å². The van der Waals surface area contributed by atoms with Crippen LogP contribution >= 0.6 is 11.6 Å². The number of halogens is 3. The van der Waals surface area contributed by atoms with Gasteiger partial charge in [-0.15, -0.1) is 11.6 Å². The van der Waals surface area contributed by atoms with E-state index in [-0.39, 0.29) is 29.0 Å². The van der Waals surface area contributed by atoms with E-state index in [4.69, 9.17) is 30.9 Å². The van der Waals surface area contributed by atoms with E-state index < -0.39 is 58.1 Å². The lowest BCUT2D eigenvalue weighted by molar-refractivity contribution is -0.125. The van der Waals surface area contributed by atoms with E-state index in [1.54, 1.807) is 0 Å². The summed E-state index contributed by atoms with van der Waals surface area (Å²) in [7, 11) is -4.78. The van der Waals surface area contributed by atoms with E-state index in [1.165, 1.54) is 0 Å². The monoisotopic (exact) mass is 553 g/mol. The third kappa shape index (κ3) is 6.18. The van der Waals surface area contributed by atoms with E-state index in [9.17, 15) is 9.18 Å². The van der Waals surface area contributed by atoms with Crippen molar-refractivity contribution in [2.45, 2.75) is 108 Å². The number of anilines is 1. The Hall–Kier alpha value is -0.856. The molecule has 7 nitrogen and oxygen atoms in total. The molecule has 1 aromatic rings. The fraction of sp³-hybridized carbons (Fsp3) is 0.826. The molecule has 202 valence electrons. The highest BCUT2D eigenvalue weighted by atomic mass is 35.5. The molecule has 4 atom stereocenters. The van der Waals surface area contributed by atoms with Gasteiger partial charge in [0.2, 0.25) is 0 Å². The second kappa shape index (κ2) is 10.1. The molecular formula is C23H42ClF2N3O4Si2. The van der Waals surface area contributed by atoms with Crippen LogP contribution in [0.4, 0.5) is 14.6 Å². The van der Waals surface area contributed by atoms with Gasteiger partial charge in [0.1, 0.15) is 11.7 Å². The van der Waals surface area contributed by atoms with Crippen LogP contribution < -0.4 is 11.4 Å². The maximum absolute atomic E-state index is 16.3. The number of alkyl halides is 2. The van der Waals surface area contributed by atoms with Crippen LogP contribution in [-0.2, 0) is 13.6 Å². The smallest absolute Gasteiger partial charge is 0.351 e. The van der Waals surface area contributed by atoms with Crippen LogP contribution in [-0.4, -0.2) is 56.5 Å². The average molecular weight is 554 g/mol. The number of rotatable bonds is 8. The lowest BCUT2D eigenvalue weighted by atomic mass is 9.94. The van der Waals surface area contributed by atoms with Gasteiger partial charge in [0.25, 0.3) is 0 Å². The minimum absolute atomic E-state index is 0.0338. The van der Waals surface area contributed by atoms with Gasteiger partial charge >= 0.3 is 5.69 Å². The van der Waals surface area contributed by atoms with Crippen LogP contribution in [0.15, 0.2) is 11.0 Å². The van der Waals surface area contributed by atoms with Crippen molar-refractivity contribution in [2.75, 3.05) is 18.2 Å². The highest BCUT2D eigenvalue weighted by Gasteiger charge is 2.60. The summed E-state index contributed by atoms with van der Waals surface area (Å²) in [5.74, 6) is -1.34. The predicted molar refractivity (Wildman–Crippen MR) is 141 cm³/mol. The van der Waals surface area contributed by atoms with Crippen molar-refractivity contribution in [3.63, 3.8) is 0 Å². The van der Waals surface area contributed by atoms with E-state index in [0.717, 1.165) is 10.8 Å². The van der Waals surface area contributed by atoms with Gasteiger partial charge in [-0.1, -0.05) is 41.5 Å². The van der Waals surface area contributed by atoms with Gasteiger partial charge in [-0.05, 0) is 42.7 Å². The molecule has 0 aliphatic carbocycles. The van der Waals surface area contributed by atoms with E-state index >= 15 is 4.39 Å². The highest BCUT2D eigenvalue weighted by Crippen LogP contribution is 2.48. The Bertz CT molecular complexity index is 966.